The van der Waals surface area contributed by atoms with Crippen molar-refractivity contribution in [2.45, 2.75) is 20.8 Å². The Kier molecular flexibility index (Phi) is 6.85. The van der Waals surface area contributed by atoms with Gasteiger partial charge in [-0.2, -0.15) is 0 Å². The molecule has 0 radical (unpaired) electrons. The molecule has 2 amide bonds. The molecule has 0 fully saturated rings. The predicted molar refractivity (Wildman–Crippen MR) is 68.0 cm³/mol. The first kappa shape index (κ1) is 16.3. The molecule has 0 rings (SSSR count). The van der Waals surface area contributed by atoms with Gasteiger partial charge in [0.1, 0.15) is 13.2 Å². The van der Waals surface area contributed by atoms with Crippen molar-refractivity contribution in [3.05, 3.63) is 12.7 Å². The first-order valence-electron chi connectivity index (χ1n) is 5.75. The molecular formula is C12H22N2O4. The summed E-state index contributed by atoms with van der Waals surface area (Å²) in [6.45, 7) is 9.83. The highest BCUT2D eigenvalue weighted by atomic mass is 16.6. The van der Waals surface area contributed by atoms with E-state index in [2.05, 4.69) is 11.9 Å². The van der Waals surface area contributed by atoms with Crippen LogP contribution in [0.2, 0.25) is 0 Å². The van der Waals surface area contributed by atoms with Gasteiger partial charge in [0.15, 0.2) is 0 Å². The fraction of sp³-hybridized carbons (Fsp3) is 0.667. The predicted octanol–water partition coefficient (Wildman–Crippen LogP) is 1.66. The molecule has 0 bridgehead atoms. The fourth-order valence-corrected chi connectivity index (χ4v) is 1.05. The van der Waals surface area contributed by atoms with Gasteiger partial charge in [0.2, 0.25) is 0 Å². The zero-order valence-corrected chi connectivity index (χ0v) is 11.2. The number of amides is 2. The second kappa shape index (κ2) is 7.58. The Labute approximate surface area is 108 Å². The Morgan fingerprint density at radius 1 is 1.39 bits per heavy atom. The molecule has 3 N–H and O–H groups in total. The normalized spacial score (nSPS) is 13.6. The molecule has 104 valence electrons. The van der Waals surface area contributed by atoms with E-state index >= 15 is 0 Å². The highest BCUT2D eigenvalue weighted by molar-refractivity contribution is 5.67. The summed E-state index contributed by atoms with van der Waals surface area (Å²) in [5.74, 6) is 0.157. The molecule has 0 aliphatic carbocycles. The van der Waals surface area contributed by atoms with Crippen LogP contribution in [0.3, 0.4) is 0 Å². The van der Waals surface area contributed by atoms with Crippen molar-refractivity contribution in [3.63, 3.8) is 0 Å². The number of hydrogen-bond donors (Lipinski definition) is 2. The van der Waals surface area contributed by atoms with Crippen molar-refractivity contribution in [2.24, 2.45) is 17.1 Å². The molecule has 1 atom stereocenters. The van der Waals surface area contributed by atoms with E-state index in [1.165, 1.54) is 0 Å². The number of carbonyl (C=O) groups excluding carboxylic acids is 2. The van der Waals surface area contributed by atoms with Crippen LogP contribution in [0, 0.1) is 11.3 Å². The summed E-state index contributed by atoms with van der Waals surface area (Å²) >= 11 is 0. The lowest BCUT2D eigenvalue weighted by atomic mass is 9.81. The number of rotatable bonds is 7. The van der Waals surface area contributed by atoms with Crippen LogP contribution in [0.1, 0.15) is 20.8 Å². The number of carbonyl (C=O) groups is 2. The summed E-state index contributed by atoms with van der Waals surface area (Å²) in [4.78, 5) is 21.9. The Morgan fingerprint density at radius 3 is 2.39 bits per heavy atom. The standard InChI is InChI=1S/C12H22N2O4/c1-5-6-14-11(16)18-8-12(4,9(2)3)7-17-10(13)15/h5,9H,1,6-8H2,2-4H3,(H2,13,15)(H,14,16). The summed E-state index contributed by atoms with van der Waals surface area (Å²) in [5, 5.41) is 2.50. The maximum absolute atomic E-state index is 11.3. The van der Waals surface area contributed by atoms with Gasteiger partial charge in [-0.15, -0.1) is 6.58 Å². The van der Waals surface area contributed by atoms with Crippen LogP contribution >= 0.6 is 0 Å². The Bertz CT molecular complexity index is 304. The molecule has 0 aliphatic heterocycles. The second-order valence-corrected chi connectivity index (χ2v) is 4.66. The molecule has 0 heterocycles. The van der Waals surface area contributed by atoms with Gasteiger partial charge in [0, 0.05) is 12.0 Å². The van der Waals surface area contributed by atoms with E-state index in [9.17, 15) is 9.59 Å². The molecule has 0 saturated carbocycles. The van der Waals surface area contributed by atoms with Gasteiger partial charge in [0.05, 0.1) is 0 Å². The number of ether oxygens (including phenoxy) is 2. The number of hydrogen-bond acceptors (Lipinski definition) is 4. The molecule has 0 spiro atoms. The van der Waals surface area contributed by atoms with Crippen LogP contribution in [0.25, 0.3) is 0 Å². The second-order valence-electron chi connectivity index (χ2n) is 4.66. The van der Waals surface area contributed by atoms with Crippen LogP contribution in [0.5, 0.6) is 0 Å². The third-order valence-electron chi connectivity index (χ3n) is 2.86. The largest absolute Gasteiger partial charge is 0.449 e. The van der Waals surface area contributed by atoms with E-state index in [0.29, 0.717) is 6.54 Å². The monoisotopic (exact) mass is 258 g/mol. The van der Waals surface area contributed by atoms with E-state index in [4.69, 9.17) is 15.2 Å². The van der Waals surface area contributed by atoms with Crippen LogP contribution in [0.15, 0.2) is 12.7 Å². The fourth-order valence-electron chi connectivity index (χ4n) is 1.05. The summed E-state index contributed by atoms with van der Waals surface area (Å²) in [6, 6.07) is 0. The number of nitrogens with one attached hydrogen (secondary N) is 1. The van der Waals surface area contributed by atoms with Crippen molar-refractivity contribution in [1.82, 2.24) is 5.32 Å². The quantitative estimate of drug-likeness (QED) is 0.679. The summed E-state index contributed by atoms with van der Waals surface area (Å²) in [7, 11) is 0. The highest BCUT2D eigenvalue weighted by Crippen LogP contribution is 2.27. The van der Waals surface area contributed by atoms with Crippen molar-refractivity contribution in [1.29, 1.82) is 0 Å². The maximum atomic E-state index is 11.3. The Hall–Kier alpha value is -1.72. The lowest BCUT2D eigenvalue weighted by Gasteiger charge is -2.32. The maximum Gasteiger partial charge on any atom is 0.407 e. The molecule has 6 heteroatoms. The minimum absolute atomic E-state index is 0.106. The van der Waals surface area contributed by atoms with Gasteiger partial charge in [-0.3, -0.25) is 0 Å². The van der Waals surface area contributed by atoms with E-state index in [0.717, 1.165) is 0 Å². The molecule has 1 unspecified atom stereocenters. The van der Waals surface area contributed by atoms with Gasteiger partial charge in [-0.05, 0) is 5.92 Å². The van der Waals surface area contributed by atoms with E-state index in [1.807, 2.05) is 20.8 Å². The Morgan fingerprint density at radius 2 is 1.94 bits per heavy atom. The van der Waals surface area contributed by atoms with Crippen molar-refractivity contribution in [2.75, 3.05) is 19.8 Å². The number of primary amides is 1. The zero-order chi connectivity index (χ0) is 14.2. The molecule has 18 heavy (non-hydrogen) atoms. The molecule has 6 nitrogen and oxygen atoms in total. The van der Waals surface area contributed by atoms with Crippen molar-refractivity contribution in [3.8, 4) is 0 Å². The third kappa shape index (κ3) is 6.12. The minimum Gasteiger partial charge on any atom is -0.449 e. The van der Waals surface area contributed by atoms with Gasteiger partial charge in [-0.25, -0.2) is 9.59 Å². The van der Waals surface area contributed by atoms with Crippen LogP contribution in [-0.4, -0.2) is 31.9 Å². The van der Waals surface area contributed by atoms with Crippen LogP contribution in [0.4, 0.5) is 9.59 Å². The summed E-state index contributed by atoms with van der Waals surface area (Å²) in [6.07, 6.45) is 0.192. The van der Waals surface area contributed by atoms with Gasteiger partial charge < -0.3 is 20.5 Å². The highest BCUT2D eigenvalue weighted by Gasteiger charge is 2.31. The zero-order valence-electron chi connectivity index (χ0n) is 11.2. The Balaban J connectivity index is 4.29. The lowest BCUT2D eigenvalue weighted by Crippen LogP contribution is -2.38. The minimum atomic E-state index is -0.835. The van der Waals surface area contributed by atoms with Gasteiger partial charge >= 0.3 is 12.2 Å². The van der Waals surface area contributed by atoms with Gasteiger partial charge in [-0.1, -0.05) is 26.8 Å². The van der Waals surface area contributed by atoms with E-state index in [1.54, 1.807) is 6.08 Å². The van der Waals surface area contributed by atoms with Crippen molar-refractivity contribution < 1.29 is 19.1 Å². The molecule has 0 saturated heterocycles. The molecule has 0 aromatic carbocycles. The SMILES string of the molecule is C=CCNC(=O)OCC(C)(COC(N)=O)C(C)C. The molecule has 0 aliphatic rings. The topological polar surface area (TPSA) is 90.7 Å². The van der Waals surface area contributed by atoms with Crippen LogP contribution < -0.4 is 11.1 Å². The molecule has 0 aromatic heterocycles. The lowest BCUT2D eigenvalue weighted by molar-refractivity contribution is 0.0119. The average Bonchev–Trinajstić information content (AvgIpc) is 2.30. The first-order chi connectivity index (χ1) is 8.31. The number of alkyl carbamates (subject to hydrolysis) is 1. The smallest absolute Gasteiger partial charge is 0.407 e. The molecule has 0 aromatic rings. The van der Waals surface area contributed by atoms with E-state index < -0.39 is 17.6 Å². The summed E-state index contributed by atoms with van der Waals surface area (Å²) < 4.78 is 9.87. The van der Waals surface area contributed by atoms with Crippen molar-refractivity contribution >= 4 is 12.2 Å². The van der Waals surface area contributed by atoms with E-state index in [-0.39, 0.29) is 19.1 Å². The number of nitrogens with two attached hydrogens (primary N) is 1. The van der Waals surface area contributed by atoms with Gasteiger partial charge in [0.25, 0.3) is 0 Å². The van der Waals surface area contributed by atoms with Crippen LogP contribution in [-0.2, 0) is 9.47 Å². The molecular weight excluding hydrogens is 236 g/mol. The summed E-state index contributed by atoms with van der Waals surface area (Å²) in [5.41, 5.74) is 4.46. The average molecular weight is 258 g/mol. The third-order valence-corrected chi connectivity index (χ3v) is 2.86. The first-order valence-corrected chi connectivity index (χ1v) is 5.75.